The van der Waals surface area contributed by atoms with E-state index < -0.39 is 0 Å². The van der Waals surface area contributed by atoms with Crippen LogP contribution in [0.2, 0.25) is 0 Å². The largest absolute Gasteiger partial charge is 0.369 e. The lowest BCUT2D eigenvalue weighted by Crippen LogP contribution is -2.30. The third kappa shape index (κ3) is 2.29. The summed E-state index contributed by atoms with van der Waals surface area (Å²) in [5.74, 6) is -0.696. The number of amides is 1. The van der Waals surface area contributed by atoms with Crippen LogP contribution >= 0.6 is 0 Å². The fraction of sp³-hybridized carbons (Fsp3) is 0.300. The van der Waals surface area contributed by atoms with E-state index in [0.29, 0.717) is 0 Å². The number of hydrogen-bond acceptors (Lipinski definition) is 2. The summed E-state index contributed by atoms with van der Waals surface area (Å²) in [6, 6.07) is 9.17. The van der Waals surface area contributed by atoms with Gasteiger partial charge in [0.1, 0.15) is 0 Å². The molecule has 0 aliphatic rings. The summed E-state index contributed by atoms with van der Waals surface area (Å²) >= 11 is 0. The van der Waals surface area contributed by atoms with Gasteiger partial charge in [-0.25, -0.2) is 0 Å². The lowest BCUT2D eigenvalue weighted by atomic mass is 9.95. The molecular weight excluding hydrogens is 164 g/mol. The maximum absolute atomic E-state index is 10.9. The predicted molar refractivity (Wildman–Crippen MR) is 51.7 cm³/mol. The number of benzene rings is 1. The molecule has 1 amide bonds. The molecule has 0 fully saturated rings. The minimum absolute atomic E-state index is 0.307. The average molecular weight is 178 g/mol. The molecule has 0 saturated heterocycles. The van der Waals surface area contributed by atoms with Crippen LogP contribution in [0.1, 0.15) is 18.5 Å². The average Bonchev–Trinajstić information content (AvgIpc) is 2.17. The van der Waals surface area contributed by atoms with E-state index in [-0.39, 0.29) is 17.9 Å². The normalized spacial score (nSPS) is 14.9. The van der Waals surface area contributed by atoms with Gasteiger partial charge in [-0.05, 0) is 5.56 Å². The number of nitrogens with two attached hydrogens (primary N) is 2. The highest BCUT2D eigenvalue weighted by Gasteiger charge is 2.18. The molecule has 0 unspecified atom stereocenters. The number of rotatable bonds is 3. The topological polar surface area (TPSA) is 69.1 Å². The Morgan fingerprint density at radius 3 is 2.31 bits per heavy atom. The van der Waals surface area contributed by atoms with Crippen LogP contribution in [0, 0.1) is 5.92 Å². The van der Waals surface area contributed by atoms with Crippen LogP contribution < -0.4 is 11.5 Å². The van der Waals surface area contributed by atoms with Gasteiger partial charge in [-0.1, -0.05) is 37.3 Å². The van der Waals surface area contributed by atoms with Gasteiger partial charge in [-0.2, -0.15) is 0 Å². The smallest absolute Gasteiger partial charge is 0.222 e. The van der Waals surface area contributed by atoms with E-state index >= 15 is 0 Å². The summed E-state index contributed by atoms with van der Waals surface area (Å²) in [5, 5.41) is 0. The zero-order chi connectivity index (χ0) is 9.84. The van der Waals surface area contributed by atoms with Crippen LogP contribution in [0.4, 0.5) is 0 Å². The molecule has 0 aliphatic carbocycles. The molecule has 70 valence electrons. The standard InChI is InChI=1S/C10H14N2O/c1-7(10(12)13)9(11)8-5-3-2-4-6-8/h2-7,9H,11H2,1H3,(H2,12,13)/t7-,9+/m0/s1. The van der Waals surface area contributed by atoms with Gasteiger partial charge < -0.3 is 11.5 Å². The lowest BCUT2D eigenvalue weighted by Gasteiger charge is -2.16. The van der Waals surface area contributed by atoms with Crippen molar-refractivity contribution in [2.24, 2.45) is 17.4 Å². The Balaban J connectivity index is 2.79. The first kappa shape index (κ1) is 9.74. The van der Waals surface area contributed by atoms with Crippen molar-refractivity contribution >= 4 is 5.91 Å². The van der Waals surface area contributed by atoms with Crippen molar-refractivity contribution in [1.82, 2.24) is 0 Å². The molecule has 0 saturated carbocycles. The molecule has 0 bridgehead atoms. The molecule has 0 spiro atoms. The van der Waals surface area contributed by atoms with Gasteiger partial charge in [-0.15, -0.1) is 0 Å². The van der Waals surface area contributed by atoms with E-state index in [4.69, 9.17) is 11.5 Å². The number of carbonyl (C=O) groups is 1. The first-order chi connectivity index (χ1) is 6.13. The van der Waals surface area contributed by atoms with Crippen LogP contribution in [-0.2, 0) is 4.79 Å². The van der Waals surface area contributed by atoms with E-state index in [1.807, 2.05) is 30.3 Å². The molecule has 13 heavy (non-hydrogen) atoms. The summed E-state index contributed by atoms with van der Waals surface area (Å²) < 4.78 is 0. The maximum Gasteiger partial charge on any atom is 0.222 e. The molecule has 0 heterocycles. The highest BCUT2D eigenvalue weighted by Crippen LogP contribution is 2.17. The summed E-state index contributed by atoms with van der Waals surface area (Å²) in [6.45, 7) is 1.74. The Bertz CT molecular complexity index is 284. The van der Waals surface area contributed by atoms with Gasteiger partial charge in [0.25, 0.3) is 0 Å². The summed E-state index contributed by atoms with van der Waals surface area (Å²) in [5.41, 5.74) is 11.9. The molecule has 3 heteroatoms. The van der Waals surface area contributed by atoms with Gasteiger partial charge in [0.05, 0.1) is 5.92 Å². The molecule has 0 radical (unpaired) electrons. The van der Waals surface area contributed by atoms with Gasteiger partial charge in [0.15, 0.2) is 0 Å². The molecule has 1 rings (SSSR count). The Morgan fingerprint density at radius 1 is 1.31 bits per heavy atom. The monoisotopic (exact) mass is 178 g/mol. The van der Waals surface area contributed by atoms with Gasteiger partial charge in [-0.3, -0.25) is 4.79 Å². The van der Waals surface area contributed by atoms with Crippen molar-refractivity contribution < 1.29 is 4.79 Å². The van der Waals surface area contributed by atoms with Crippen LogP contribution in [0.3, 0.4) is 0 Å². The lowest BCUT2D eigenvalue weighted by molar-refractivity contribution is -0.121. The maximum atomic E-state index is 10.9. The predicted octanol–water partition coefficient (Wildman–Crippen LogP) is 0.808. The first-order valence-electron chi connectivity index (χ1n) is 4.22. The summed E-state index contributed by atoms with van der Waals surface area (Å²) in [7, 11) is 0. The van der Waals surface area contributed by atoms with Crippen LogP contribution in [0.15, 0.2) is 30.3 Å². The van der Waals surface area contributed by atoms with Gasteiger partial charge in [0, 0.05) is 6.04 Å². The second-order valence-corrected chi connectivity index (χ2v) is 3.13. The van der Waals surface area contributed by atoms with Crippen molar-refractivity contribution in [3.8, 4) is 0 Å². The second-order valence-electron chi connectivity index (χ2n) is 3.13. The third-order valence-electron chi connectivity index (χ3n) is 2.17. The fourth-order valence-corrected chi connectivity index (χ4v) is 1.14. The highest BCUT2D eigenvalue weighted by atomic mass is 16.1. The first-order valence-corrected chi connectivity index (χ1v) is 4.22. The quantitative estimate of drug-likeness (QED) is 0.719. The molecule has 2 atom stereocenters. The summed E-state index contributed by atoms with van der Waals surface area (Å²) in [4.78, 5) is 10.9. The SMILES string of the molecule is C[C@H](C(N)=O)[C@@H](N)c1ccccc1. The van der Waals surface area contributed by atoms with Crippen molar-refractivity contribution in [2.45, 2.75) is 13.0 Å². The van der Waals surface area contributed by atoms with Crippen molar-refractivity contribution in [2.75, 3.05) is 0 Å². The molecule has 0 aliphatic heterocycles. The zero-order valence-corrected chi connectivity index (χ0v) is 7.60. The number of primary amides is 1. The third-order valence-corrected chi connectivity index (χ3v) is 2.17. The van der Waals surface area contributed by atoms with Crippen molar-refractivity contribution in [3.05, 3.63) is 35.9 Å². The summed E-state index contributed by atoms with van der Waals surface area (Å²) in [6.07, 6.45) is 0. The van der Waals surface area contributed by atoms with Crippen LogP contribution in [-0.4, -0.2) is 5.91 Å². The molecule has 1 aromatic rings. The van der Waals surface area contributed by atoms with E-state index in [0.717, 1.165) is 5.56 Å². The minimum Gasteiger partial charge on any atom is -0.369 e. The van der Waals surface area contributed by atoms with E-state index in [9.17, 15) is 4.79 Å². The molecule has 1 aromatic carbocycles. The van der Waals surface area contributed by atoms with Crippen molar-refractivity contribution in [1.29, 1.82) is 0 Å². The number of carbonyl (C=O) groups excluding carboxylic acids is 1. The molecule has 4 N–H and O–H groups in total. The fourth-order valence-electron chi connectivity index (χ4n) is 1.14. The second kappa shape index (κ2) is 4.05. The zero-order valence-electron chi connectivity index (χ0n) is 7.60. The van der Waals surface area contributed by atoms with Crippen LogP contribution in [0.5, 0.6) is 0 Å². The van der Waals surface area contributed by atoms with E-state index in [1.54, 1.807) is 6.92 Å². The van der Waals surface area contributed by atoms with E-state index in [1.165, 1.54) is 0 Å². The Hall–Kier alpha value is -1.35. The van der Waals surface area contributed by atoms with Gasteiger partial charge in [0.2, 0.25) is 5.91 Å². The molecule has 0 aromatic heterocycles. The van der Waals surface area contributed by atoms with Crippen molar-refractivity contribution in [3.63, 3.8) is 0 Å². The van der Waals surface area contributed by atoms with Gasteiger partial charge >= 0.3 is 0 Å². The van der Waals surface area contributed by atoms with E-state index in [2.05, 4.69) is 0 Å². The molecule has 3 nitrogen and oxygen atoms in total. The minimum atomic E-state index is -0.364. The Labute approximate surface area is 77.7 Å². The number of hydrogen-bond donors (Lipinski definition) is 2. The molecular formula is C10H14N2O. The Morgan fingerprint density at radius 2 is 1.85 bits per heavy atom. The Kier molecular flexibility index (Phi) is 3.03. The van der Waals surface area contributed by atoms with Crippen LogP contribution in [0.25, 0.3) is 0 Å². The highest BCUT2D eigenvalue weighted by molar-refractivity contribution is 5.77.